The van der Waals surface area contributed by atoms with E-state index in [0.29, 0.717) is 12.5 Å². The minimum Gasteiger partial charge on any atom is -0.313 e. The average Bonchev–Trinajstić information content (AvgIpc) is 2.29. The zero-order valence-electron chi connectivity index (χ0n) is 11.3. The molecule has 0 aromatic carbocycles. The Bertz CT molecular complexity index is 310. The molecule has 0 aliphatic carbocycles. The van der Waals surface area contributed by atoms with Gasteiger partial charge in [0.25, 0.3) is 0 Å². The molecule has 1 aliphatic heterocycles. The quantitative estimate of drug-likeness (QED) is 0.788. The van der Waals surface area contributed by atoms with Crippen LogP contribution < -0.4 is 5.32 Å². The number of piperidine rings is 1. The lowest BCUT2D eigenvalue weighted by Gasteiger charge is -2.27. The summed E-state index contributed by atoms with van der Waals surface area (Å²) in [6.07, 6.45) is 4.31. The fourth-order valence-corrected chi connectivity index (χ4v) is 3.66. The van der Waals surface area contributed by atoms with Gasteiger partial charge in [-0.05, 0) is 25.3 Å². The predicted molar refractivity (Wildman–Crippen MR) is 71.5 cm³/mol. The van der Waals surface area contributed by atoms with Crippen molar-refractivity contribution in [2.75, 3.05) is 25.9 Å². The van der Waals surface area contributed by atoms with Crippen molar-refractivity contribution in [2.45, 2.75) is 45.6 Å². The number of hydrogen-bond acceptors (Lipinski definition) is 3. The lowest BCUT2D eigenvalue weighted by atomic mass is 10.1. The van der Waals surface area contributed by atoms with E-state index in [4.69, 9.17) is 0 Å². The van der Waals surface area contributed by atoms with Gasteiger partial charge < -0.3 is 5.32 Å². The van der Waals surface area contributed by atoms with E-state index in [-0.39, 0.29) is 11.8 Å². The number of rotatable bonds is 6. The van der Waals surface area contributed by atoms with Crippen LogP contribution in [0, 0.1) is 5.92 Å². The molecule has 0 amide bonds. The predicted octanol–water partition coefficient (Wildman–Crippen LogP) is 1.44. The highest BCUT2D eigenvalue weighted by Gasteiger charge is 2.25. The van der Waals surface area contributed by atoms with Gasteiger partial charge in [0.1, 0.15) is 0 Å². The van der Waals surface area contributed by atoms with Gasteiger partial charge in [-0.3, -0.25) is 0 Å². The third-order valence-electron chi connectivity index (χ3n) is 3.56. The standard InChI is InChI=1S/C12H26N2O2S/c1-4-11(2)9-14(3)17(15,16)10-12-7-5-6-8-13-12/h11-13H,4-10H2,1-3H3. The monoisotopic (exact) mass is 262 g/mol. The number of nitrogens with zero attached hydrogens (tertiary/aromatic N) is 1. The molecule has 4 nitrogen and oxygen atoms in total. The highest BCUT2D eigenvalue weighted by atomic mass is 32.2. The van der Waals surface area contributed by atoms with Crippen LogP contribution >= 0.6 is 0 Å². The zero-order valence-corrected chi connectivity index (χ0v) is 12.1. The van der Waals surface area contributed by atoms with Crippen molar-refractivity contribution in [3.05, 3.63) is 0 Å². The summed E-state index contributed by atoms with van der Waals surface area (Å²) >= 11 is 0. The first-order chi connectivity index (χ1) is 7.95. The summed E-state index contributed by atoms with van der Waals surface area (Å²) in [6.45, 7) is 5.76. The molecule has 102 valence electrons. The molecule has 1 rings (SSSR count). The molecule has 1 aliphatic rings. The van der Waals surface area contributed by atoms with Crippen LogP contribution in [0.2, 0.25) is 0 Å². The summed E-state index contributed by atoms with van der Waals surface area (Å²) in [7, 11) is -1.40. The van der Waals surface area contributed by atoms with Crippen LogP contribution in [0.25, 0.3) is 0 Å². The van der Waals surface area contributed by atoms with Crippen molar-refractivity contribution >= 4 is 10.0 Å². The minimum atomic E-state index is -3.09. The van der Waals surface area contributed by atoms with Gasteiger partial charge >= 0.3 is 0 Å². The highest BCUT2D eigenvalue weighted by molar-refractivity contribution is 7.89. The van der Waals surface area contributed by atoms with Gasteiger partial charge in [0, 0.05) is 19.6 Å². The maximum absolute atomic E-state index is 12.1. The number of nitrogens with one attached hydrogen (secondary N) is 1. The second-order valence-electron chi connectivity index (χ2n) is 5.22. The normalized spacial score (nSPS) is 23.9. The van der Waals surface area contributed by atoms with Gasteiger partial charge in [0.05, 0.1) is 5.75 Å². The molecule has 17 heavy (non-hydrogen) atoms. The number of sulfonamides is 1. The first kappa shape index (κ1) is 14.9. The largest absolute Gasteiger partial charge is 0.313 e. The highest BCUT2D eigenvalue weighted by Crippen LogP contribution is 2.13. The Morgan fingerprint density at radius 1 is 1.41 bits per heavy atom. The van der Waals surface area contributed by atoms with Crippen LogP contribution in [0.1, 0.15) is 39.5 Å². The van der Waals surface area contributed by atoms with Crippen molar-refractivity contribution in [3.8, 4) is 0 Å². The first-order valence-corrected chi connectivity index (χ1v) is 8.24. The lowest BCUT2D eigenvalue weighted by molar-refractivity contribution is 0.379. The molecule has 1 saturated heterocycles. The molecular weight excluding hydrogens is 236 g/mol. The molecule has 2 unspecified atom stereocenters. The van der Waals surface area contributed by atoms with Crippen LogP contribution in [0.4, 0.5) is 0 Å². The zero-order chi connectivity index (χ0) is 12.9. The molecule has 0 saturated carbocycles. The Labute approximate surface area is 106 Å². The lowest BCUT2D eigenvalue weighted by Crippen LogP contribution is -2.43. The van der Waals surface area contributed by atoms with Crippen LogP contribution in [0.3, 0.4) is 0 Å². The molecule has 0 aromatic rings. The van der Waals surface area contributed by atoms with Crippen molar-refractivity contribution in [3.63, 3.8) is 0 Å². The van der Waals surface area contributed by atoms with Crippen molar-refractivity contribution in [2.24, 2.45) is 5.92 Å². The first-order valence-electron chi connectivity index (χ1n) is 6.63. The Morgan fingerprint density at radius 2 is 2.12 bits per heavy atom. The Kier molecular flexibility index (Phi) is 5.89. The molecule has 0 radical (unpaired) electrons. The van der Waals surface area contributed by atoms with Crippen LogP contribution in [-0.2, 0) is 10.0 Å². The van der Waals surface area contributed by atoms with Crippen molar-refractivity contribution in [1.29, 1.82) is 0 Å². The Hall–Kier alpha value is -0.130. The van der Waals surface area contributed by atoms with E-state index >= 15 is 0 Å². The maximum Gasteiger partial charge on any atom is 0.215 e. The van der Waals surface area contributed by atoms with Crippen LogP contribution in [0.5, 0.6) is 0 Å². The topological polar surface area (TPSA) is 49.4 Å². The third-order valence-corrected chi connectivity index (χ3v) is 5.49. The van der Waals surface area contributed by atoms with Gasteiger partial charge in [0.2, 0.25) is 10.0 Å². The van der Waals surface area contributed by atoms with E-state index in [0.717, 1.165) is 25.8 Å². The molecule has 2 atom stereocenters. The molecule has 1 fully saturated rings. The summed E-state index contributed by atoms with van der Waals surface area (Å²) in [4.78, 5) is 0. The van der Waals surface area contributed by atoms with E-state index in [1.165, 1.54) is 10.7 Å². The van der Waals surface area contributed by atoms with Crippen molar-refractivity contribution in [1.82, 2.24) is 9.62 Å². The fraction of sp³-hybridized carbons (Fsp3) is 1.00. The second kappa shape index (κ2) is 6.71. The maximum atomic E-state index is 12.1. The van der Waals surface area contributed by atoms with Gasteiger partial charge in [-0.1, -0.05) is 26.7 Å². The number of hydrogen-bond donors (Lipinski definition) is 1. The Balaban J connectivity index is 2.48. The van der Waals surface area contributed by atoms with E-state index in [1.807, 2.05) is 0 Å². The van der Waals surface area contributed by atoms with Crippen molar-refractivity contribution < 1.29 is 8.42 Å². The summed E-state index contributed by atoms with van der Waals surface area (Å²) in [5.74, 6) is 0.675. The van der Waals surface area contributed by atoms with E-state index in [1.54, 1.807) is 7.05 Å². The molecule has 0 spiro atoms. The molecule has 1 heterocycles. The van der Waals surface area contributed by atoms with E-state index < -0.39 is 10.0 Å². The molecule has 0 bridgehead atoms. The smallest absolute Gasteiger partial charge is 0.215 e. The average molecular weight is 262 g/mol. The van der Waals surface area contributed by atoms with Gasteiger partial charge in [-0.15, -0.1) is 0 Å². The van der Waals surface area contributed by atoms with Gasteiger partial charge in [-0.25, -0.2) is 12.7 Å². The molecular formula is C12H26N2O2S. The summed E-state index contributed by atoms with van der Waals surface area (Å²) in [5, 5.41) is 3.29. The summed E-state index contributed by atoms with van der Waals surface area (Å²) in [6, 6.07) is 0.146. The van der Waals surface area contributed by atoms with E-state index in [2.05, 4.69) is 19.2 Å². The Morgan fingerprint density at radius 3 is 2.65 bits per heavy atom. The SMILES string of the molecule is CCC(C)CN(C)S(=O)(=O)CC1CCCCN1. The van der Waals surface area contributed by atoms with Crippen LogP contribution in [0.15, 0.2) is 0 Å². The molecule has 5 heteroatoms. The second-order valence-corrected chi connectivity index (χ2v) is 7.34. The summed E-state index contributed by atoms with van der Waals surface area (Å²) < 4.78 is 25.8. The minimum absolute atomic E-state index is 0.146. The third kappa shape index (κ3) is 4.94. The molecule has 1 N–H and O–H groups in total. The van der Waals surface area contributed by atoms with E-state index in [9.17, 15) is 8.42 Å². The summed E-state index contributed by atoms with van der Waals surface area (Å²) in [5.41, 5.74) is 0. The van der Waals surface area contributed by atoms with Gasteiger partial charge in [0.15, 0.2) is 0 Å². The molecule has 0 aromatic heterocycles. The fourth-order valence-electron chi connectivity index (χ4n) is 2.13. The van der Waals surface area contributed by atoms with Crippen LogP contribution in [-0.4, -0.2) is 44.7 Å². The van der Waals surface area contributed by atoms with Gasteiger partial charge in [-0.2, -0.15) is 0 Å².